The van der Waals surface area contributed by atoms with Crippen molar-refractivity contribution >= 4 is 29.2 Å². The summed E-state index contributed by atoms with van der Waals surface area (Å²) in [6.45, 7) is 1.87. The first-order valence-electron chi connectivity index (χ1n) is 5.48. The highest BCUT2D eigenvalue weighted by Gasteiger charge is 2.11. The highest BCUT2D eigenvalue weighted by atomic mass is 35.5. The highest BCUT2D eigenvalue weighted by Crippen LogP contribution is 2.24. The zero-order valence-corrected chi connectivity index (χ0v) is 11.5. The first-order chi connectivity index (χ1) is 9.06. The van der Waals surface area contributed by atoms with Gasteiger partial charge in [0.15, 0.2) is 0 Å². The second kappa shape index (κ2) is 5.56. The standard InChI is InChI=1S/C11H11Cl2N5O/c1-2-9-15-10(17-14)16-11(19)18(9)6-3-4-7(12)8(13)5-6/h3-5H,2,14H2,1H3,(H,16,17,19). The molecule has 0 aliphatic heterocycles. The Kier molecular flexibility index (Phi) is 4.04. The molecule has 0 aliphatic carbocycles. The van der Waals surface area contributed by atoms with Crippen molar-refractivity contribution in [2.24, 2.45) is 5.84 Å². The number of halogens is 2. The van der Waals surface area contributed by atoms with E-state index in [9.17, 15) is 4.79 Å². The molecule has 3 N–H and O–H groups in total. The molecule has 0 radical (unpaired) electrons. The van der Waals surface area contributed by atoms with Crippen molar-refractivity contribution < 1.29 is 0 Å². The summed E-state index contributed by atoms with van der Waals surface area (Å²) in [5.74, 6) is 5.81. The van der Waals surface area contributed by atoms with Crippen LogP contribution in [-0.4, -0.2) is 14.5 Å². The van der Waals surface area contributed by atoms with Crippen LogP contribution < -0.4 is 17.0 Å². The Hall–Kier alpha value is -1.63. The van der Waals surface area contributed by atoms with E-state index < -0.39 is 5.69 Å². The maximum absolute atomic E-state index is 12.0. The summed E-state index contributed by atoms with van der Waals surface area (Å²) in [4.78, 5) is 19.9. The summed E-state index contributed by atoms with van der Waals surface area (Å²) in [6.07, 6.45) is 0.534. The number of nitrogens with zero attached hydrogens (tertiary/aromatic N) is 3. The average molecular weight is 300 g/mol. The number of anilines is 1. The summed E-state index contributed by atoms with van der Waals surface area (Å²) in [5, 5.41) is 0.770. The van der Waals surface area contributed by atoms with Crippen LogP contribution in [0.25, 0.3) is 5.69 Å². The minimum absolute atomic E-state index is 0.0816. The first kappa shape index (κ1) is 13.8. The summed E-state index contributed by atoms with van der Waals surface area (Å²) in [5.41, 5.74) is 2.33. The molecule has 0 saturated heterocycles. The van der Waals surface area contributed by atoms with Gasteiger partial charge in [0.05, 0.1) is 15.7 Å². The number of nitrogens with one attached hydrogen (secondary N) is 1. The molecule has 0 amide bonds. The normalized spacial score (nSPS) is 10.5. The van der Waals surface area contributed by atoms with E-state index in [2.05, 4.69) is 15.4 Å². The number of aryl methyl sites for hydroxylation is 1. The Morgan fingerprint density at radius 2 is 2.05 bits per heavy atom. The van der Waals surface area contributed by atoms with Crippen molar-refractivity contribution in [3.05, 3.63) is 44.6 Å². The third kappa shape index (κ3) is 2.70. The van der Waals surface area contributed by atoms with Crippen LogP contribution in [0.15, 0.2) is 23.0 Å². The summed E-state index contributed by atoms with van der Waals surface area (Å²) >= 11 is 11.8. The van der Waals surface area contributed by atoms with Crippen LogP contribution in [0.4, 0.5) is 5.95 Å². The van der Waals surface area contributed by atoms with Crippen molar-refractivity contribution in [2.75, 3.05) is 5.43 Å². The molecule has 1 aromatic carbocycles. The van der Waals surface area contributed by atoms with Crippen molar-refractivity contribution in [1.82, 2.24) is 14.5 Å². The quantitative estimate of drug-likeness (QED) is 0.666. The van der Waals surface area contributed by atoms with E-state index in [1.165, 1.54) is 4.57 Å². The van der Waals surface area contributed by atoms with Gasteiger partial charge in [0, 0.05) is 6.42 Å². The fraction of sp³-hybridized carbons (Fsp3) is 0.182. The number of nitrogens with two attached hydrogens (primary N) is 1. The van der Waals surface area contributed by atoms with E-state index in [4.69, 9.17) is 29.0 Å². The Balaban J connectivity index is 2.67. The number of benzene rings is 1. The molecule has 100 valence electrons. The molecular formula is C11H11Cl2N5O. The number of hydrogen-bond donors (Lipinski definition) is 2. The fourth-order valence-electron chi connectivity index (χ4n) is 1.63. The molecule has 0 saturated carbocycles. The van der Waals surface area contributed by atoms with Gasteiger partial charge >= 0.3 is 5.69 Å². The number of rotatable bonds is 3. The lowest BCUT2D eigenvalue weighted by Gasteiger charge is -2.11. The van der Waals surface area contributed by atoms with Gasteiger partial charge in [-0.25, -0.2) is 15.2 Å². The van der Waals surface area contributed by atoms with Crippen LogP contribution in [0.2, 0.25) is 10.0 Å². The Labute approximate surface area is 119 Å². The van der Waals surface area contributed by atoms with Gasteiger partial charge in [0.1, 0.15) is 5.82 Å². The third-order valence-corrected chi connectivity index (χ3v) is 3.23. The van der Waals surface area contributed by atoms with Crippen LogP contribution >= 0.6 is 23.2 Å². The van der Waals surface area contributed by atoms with Gasteiger partial charge < -0.3 is 0 Å². The third-order valence-electron chi connectivity index (χ3n) is 2.49. The molecule has 0 atom stereocenters. The predicted molar refractivity (Wildman–Crippen MR) is 74.8 cm³/mol. The van der Waals surface area contributed by atoms with Crippen molar-refractivity contribution in [1.29, 1.82) is 0 Å². The predicted octanol–water partition coefficient (Wildman–Crippen LogP) is 1.78. The lowest BCUT2D eigenvalue weighted by Crippen LogP contribution is -2.28. The summed E-state index contributed by atoms with van der Waals surface area (Å²) in [6, 6.07) is 4.87. The maximum atomic E-state index is 12.0. The second-order valence-electron chi connectivity index (χ2n) is 3.68. The van der Waals surface area contributed by atoms with Crippen molar-refractivity contribution in [3.8, 4) is 5.69 Å². The molecule has 19 heavy (non-hydrogen) atoms. The fourth-order valence-corrected chi connectivity index (χ4v) is 1.93. The van der Waals surface area contributed by atoms with E-state index in [0.717, 1.165) is 0 Å². The zero-order chi connectivity index (χ0) is 14.0. The highest BCUT2D eigenvalue weighted by molar-refractivity contribution is 6.42. The lowest BCUT2D eigenvalue weighted by atomic mass is 10.3. The van der Waals surface area contributed by atoms with Gasteiger partial charge in [-0.1, -0.05) is 30.1 Å². The van der Waals surface area contributed by atoms with Gasteiger partial charge in [-0.2, -0.15) is 9.97 Å². The monoisotopic (exact) mass is 299 g/mol. The van der Waals surface area contributed by atoms with Gasteiger partial charge in [0.25, 0.3) is 0 Å². The Bertz CT molecular complexity index is 671. The Morgan fingerprint density at radius 1 is 1.32 bits per heavy atom. The van der Waals surface area contributed by atoms with Crippen LogP contribution in [-0.2, 0) is 6.42 Å². The van der Waals surface area contributed by atoms with E-state index in [1.54, 1.807) is 18.2 Å². The number of hydrazine groups is 1. The molecule has 8 heteroatoms. The number of aromatic nitrogens is 3. The SMILES string of the molecule is CCc1nc(NN)nc(=O)n1-c1ccc(Cl)c(Cl)c1. The maximum Gasteiger partial charge on any atom is 0.356 e. The van der Waals surface area contributed by atoms with E-state index in [0.29, 0.717) is 28.0 Å². The average Bonchev–Trinajstić information content (AvgIpc) is 2.41. The van der Waals surface area contributed by atoms with E-state index in [1.807, 2.05) is 6.92 Å². The van der Waals surface area contributed by atoms with Crippen LogP contribution in [0.1, 0.15) is 12.7 Å². The first-order valence-corrected chi connectivity index (χ1v) is 6.24. The van der Waals surface area contributed by atoms with E-state index in [-0.39, 0.29) is 5.95 Å². The van der Waals surface area contributed by atoms with Crippen LogP contribution in [0.5, 0.6) is 0 Å². The smallest absolute Gasteiger partial charge is 0.292 e. The molecule has 0 aliphatic rings. The molecule has 0 unspecified atom stereocenters. The minimum atomic E-state index is -0.488. The molecule has 1 heterocycles. The molecule has 2 aromatic rings. The Morgan fingerprint density at radius 3 is 2.63 bits per heavy atom. The van der Waals surface area contributed by atoms with E-state index >= 15 is 0 Å². The molecule has 0 fully saturated rings. The molecule has 0 spiro atoms. The van der Waals surface area contributed by atoms with Crippen molar-refractivity contribution in [3.63, 3.8) is 0 Å². The summed E-state index contributed by atoms with van der Waals surface area (Å²) in [7, 11) is 0. The van der Waals surface area contributed by atoms with Crippen LogP contribution in [0.3, 0.4) is 0 Å². The summed E-state index contributed by atoms with van der Waals surface area (Å²) < 4.78 is 1.36. The lowest BCUT2D eigenvalue weighted by molar-refractivity contribution is 0.770. The van der Waals surface area contributed by atoms with Crippen LogP contribution in [0, 0.1) is 0 Å². The number of hydrogen-bond acceptors (Lipinski definition) is 5. The van der Waals surface area contributed by atoms with Crippen molar-refractivity contribution in [2.45, 2.75) is 13.3 Å². The largest absolute Gasteiger partial charge is 0.356 e. The molecule has 1 aromatic heterocycles. The van der Waals surface area contributed by atoms with Gasteiger partial charge in [0.2, 0.25) is 5.95 Å². The van der Waals surface area contributed by atoms with Gasteiger partial charge in [-0.05, 0) is 18.2 Å². The van der Waals surface area contributed by atoms with Gasteiger partial charge in [-0.3, -0.25) is 5.43 Å². The molecule has 0 bridgehead atoms. The number of nitrogen functional groups attached to an aromatic ring is 1. The zero-order valence-electron chi connectivity index (χ0n) is 10.0. The van der Waals surface area contributed by atoms with Gasteiger partial charge in [-0.15, -0.1) is 0 Å². The second-order valence-corrected chi connectivity index (χ2v) is 4.49. The molecule has 6 nitrogen and oxygen atoms in total. The minimum Gasteiger partial charge on any atom is -0.292 e. The topological polar surface area (TPSA) is 85.8 Å². The molecular weight excluding hydrogens is 289 g/mol. The molecule has 2 rings (SSSR count).